The standard InChI is InChI=1S/C14H28N2/c1-11(2)16-8-12-6-15(7-13(12)9-16)10-14(3,4)5/h11-13H,6-10H2,1-5H3. The molecular formula is C14H28N2. The first-order valence-corrected chi connectivity index (χ1v) is 6.81. The zero-order chi connectivity index (χ0) is 11.9. The van der Waals surface area contributed by atoms with Crippen LogP contribution in [-0.4, -0.2) is 48.6 Å². The fourth-order valence-electron chi connectivity index (χ4n) is 3.35. The Morgan fingerprint density at radius 1 is 1.00 bits per heavy atom. The van der Waals surface area contributed by atoms with Crippen molar-refractivity contribution in [2.75, 3.05) is 32.7 Å². The molecule has 2 heteroatoms. The van der Waals surface area contributed by atoms with Crippen molar-refractivity contribution in [1.29, 1.82) is 0 Å². The fourth-order valence-corrected chi connectivity index (χ4v) is 3.35. The lowest BCUT2D eigenvalue weighted by Gasteiger charge is -2.28. The molecule has 2 rings (SSSR count). The van der Waals surface area contributed by atoms with Crippen molar-refractivity contribution >= 4 is 0 Å². The van der Waals surface area contributed by atoms with Crippen LogP contribution in [-0.2, 0) is 0 Å². The van der Waals surface area contributed by atoms with Crippen LogP contribution >= 0.6 is 0 Å². The Balaban J connectivity index is 1.84. The quantitative estimate of drug-likeness (QED) is 0.710. The highest BCUT2D eigenvalue weighted by Crippen LogP contribution is 2.33. The van der Waals surface area contributed by atoms with E-state index in [-0.39, 0.29) is 0 Å². The second kappa shape index (κ2) is 4.30. The van der Waals surface area contributed by atoms with Crippen LogP contribution in [0.15, 0.2) is 0 Å². The molecule has 0 saturated carbocycles. The third-order valence-corrected chi connectivity index (χ3v) is 4.02. The molecule has 0 N–H and O–H groups in total. The van der Waals surface area contributed by atoms with Crippen molar-refractivity contribution in [3.63, 3.8) is 0 Å². The Kier molecular flexibility index (Phi) is 3.33. The molecular weight excluding hydrogens is 196 g/mol. The van der Waals surface area contributed by atoms with Gasteiger partial charge in [0.15, 0.2) is 0 Å². The summed E-state index contributed by atoms with van der Waals surface area (Å²) in [5.74, 6) is 1.90. The van der Waals surface area contributed by atoms with E-state index < -0.39 is 0 Å². The maximum absolute atomic E-state index is 2.69. The molecule has 2 saturated heterocycles. The molecule has 0 bridgehead atoms. The lowest BCUT2D eigenvalue weighted by Crippen LogP contribution is -2.36. The van der Waals surface area contributed by atoms with Gasteiger partial charge < -0.3 is 9.80 Å². The SMILES string of the molecule is CC(C)N1CC2CN(CC(C)(C)C)CC2C1. The summed E-state index contributed by atoms with van der Waals surface area (Å²) < 4.78 is 0. The van der Waals surface area contributed by atoms with E-state index in [1.165, 1.54) is 32.7 Å². The van der Waals surface area contributed by atoms with Crippen molar-refractivity contribution < 1.29 is 0 Å². The second-order valence-corrected chi connectivity index (χ2v) is 7.32. The van der Waals surface area contributed by atoms with E-state index in [9.17, 15) is 0 Å². The summed E-state index contributed by atoms with van der Waals surface area (Å²) in [6.45, 7) is 18.3. The van der Waals surface area contributed by atoms with Gasteiger partial charge in [-0.3, -0.25) is 0 Å². The van der Waals surface area contributed by atoms with E-state index in [0.717, 1.165) is 17.9 Å². The average Bonchev–Trinajstić information content (AvgIpc) is 2.56. The molecule has 2 heterocycles. The van der Waals surface area contributed by atoms with Crippen LogP contribution in [0.1, 0.15) is 34.6 Å². The highest BCUT2D eigenvalue weighted by molar-refractivity contribution is 4.94. The van der Waals surface area contributed by atoms with Crippen molar-refractivity contribution in [3.05, 3.63) is 0 Å². The summed E-state index contributed by atoms with van der Waals surface area (Å²) in [7, 11) is 0. The molecule has 16 heavy (non-hydrogen) atoms. The van der Waals surface area contributed by atoms with Crippen LogP contribution in [0.3, 0.4) is 0 Å². The van der Waals surface area contributed by atoms with Crippen LogP contribution in [0.5, 0.6) is 0 Å². The second-order valence-electron chi connectivity index (χ2n) is 7.32. The summed E-state index contributed by atoms with van der Waals surface area (Å²) in [5, 5.41) is 0. The lowest BCUT2D eigenvalue weighted by molar-refractivity contribution is 0.186. The van der Waals surface area contributed by atoms with Gasteiger partial charge in [0.25, 0.3) is 0 Å². The number of nitrogens with zero attached hydrogens (tertiary/aromatic N) is 2. The van der Waals surface area contributed by atoms with Gasteiger partial charge in [-0.15, -0.1) is 0 Å². The zero-order valence-corrected chi connectivity index (χ0v) is 11.7. The number of hydrogen-bond donors (Lipinski definition) is 0. The first-order chi connectivity index (χ1) is 7.35. The molecule has 0 radical (unpaired) electrons. The van der Waals surface area contributed by atoms with Gasteiger partial charge in [-0.2, -0.15) is 0 Å². The molecule has 94 valence electrons. The van der Waals surface area contributed by atoms with E-state index in [0.29, 0.717) is 5.41 Å². The highest BCUT2D eigenvalue weighted by Gasteiger charge is 2.40. The molecule has 0 amide bonds. The number of hydrogen-bond acceptors (Lipinski definition) is 2. The molecule has 0 spiro atoms. The maximum Gasteiger partial charge on any atom is 0.00388 e. The van der Waals surface area contributed by atoms with Gasteiger partial charge >= 0.3 is 0 Å². The summed E-state index contributed by atoms with van der Waals surface area (Å²) in [5.41, 5.74) is 0.455. The molecule has 2 aliphatic rings. The fraction of sp³-hybridized carbons (Fsp3) is 1.00. The summed E-state index contributed by atoms with van der Waals surface area (Å²) >= 11 is 0. The van der Waals surface area contributed by atoms with Gasteiger partial charge in [0.2, 0.25) is 0 Å². The molecule has 0 aliphatic carbocycles. The molecule has 0 aromatic carbocycles. The zero-order valence-electron chi connectivity index (χ0n) is 11.7. The molecule has 2 fully saturated rings. The van der Waals surface area contributed by atoms with E-state index in [1.807, 2.05) is 0 Å². The van der Waals surface area contributed by atoms with Crippen molar-refractivity contribution in [2.24, 2.45) is 17.3 Å². The smallest absolute Gasteiger partial charge is 0.00388 e. The van der Waals surface area contributed by atoms with E-state index >= 15 is 0 Å². The van der Waals surface area contributed by atoms with Crippen LogP contribution in [0, 0.1) is 17.3 Å². The normalized spacial score (nSPS) is 32.6. The monoisotopic (exact) mass is 224 g/mol. The van der Waals surface area contributed by atoms with Crippen LogP contribution in [0.2, 0.25) is 0 Å². The van der Waals surface area contributed by atoms with Crippen molar-refractivity contribution in [1.82, 2.24) is 9.80 Å². The minimum Gasteiger partial charge on any atom is -0.302 e. The predicted molar refractivity (Wildman–Crippen MR) is 69.6 cm³/mol. The molecule has 2 unspecified atom stereocenters. The third kappa shape index (κ3) is 2.78. The van der Waals surface area contributed by atoms with E-state index in [1.54, 1.807) is 0 Å². The van der Waals surface area contributed by atoms with Crippen molar-refractivity contribution in [3.8, 4) is 0 Å². The van der Waals surface area contributed by atoms with E-state index in [2.05, 4.69) is 44.4 Å². The summed E-state index contributed by atoms with van der Waals surface area (Å²) in [4.78, 5) is 5.34. The summed E-state index contributed by atoms with van der Waals surface area (Å²) in [6.07, 6.45) is 0. The van der Waals surface area contributed by atoms with Gasteiger partial charge in [-0.1, -0.05) is 20.8 Å². The molecule has 2 aliphatic heterocycles. The largest absolute Gasteiger partial charge is 0.302 e. The predicted octanol–water partition coefficient (Wildman–Crippen LogP) is 2.30. The Hall–Kier alpha value is -0.0800. The number of likely N-dealkylation sites (tertiary alicyclic amines) is 2. The van der Waals surface area contributed by atoms with Gasteiger partial charge in [-0.25, -0.2) is 0 Å². The Morgan fingerprint density at radius 3 is 1.88 bits per heavy atom. The topological polar surface area (TPSA) is 6.48 Å². The molecule has 0 aromatic rings. The minimum atomic E-state index is 0.455. The van der Waals surface area contributed by atoms with Crippen LogP contribution < -0.4 is 0 Å². The van der Waals surface area contributed by atoms with Crippen LogP contribution in [0.4, 0.5) is 0 Å². The van der Waals surface area contributed by atoms with Crippen LogP contribution in [0.25, 0.3) is 0 Å². The number of rotatable bonds is 2. The molecule has 0 aromatic heterocycles. The van der Waals surface area contributed by atoms with Gasteiger partial charge in [0.05, 0.1) is 0 Å². The average molecular weight is 224 g/mol. The third-order valence-electron chi connectivity index (χ3n) is 4.02. The summed E-state index contributed by atoms with van der Waals surface area (Å²) in [6, 6.07) is 0.738. The minimum absolute atomic E-state index is 0.455. The van der Waals surface area contributed by atoms with Gasteiger partial charge in [0.1, 0.15) is 0 Å². The maximum atomic E-state index is 2.69. The lowest BCUT2D eigenvalue weighted by atomic mass is 9.96. The first kappa shape index (κ1) is 12.4. The molecule has 2 nitrogen and oxygen atoms in total. The Morgan fingerprint density at radius 2 is 1.50 bits per heavy atom. The van der Waals surface area contributed by atoms with Gasteiger partial charge in [0, 0.05) is 38.8 Å². The first-order valence-electron chi connectivity index (χ1n) is 6.81. The van der Waals surface area contributed by atoms with E-state index in [4.69, 9.17) is 0 Å². The number of fused-ring (bicyclic) bond motifs is 1. The molecule has 2 atom stereocenters. The Labute approximate surface area is 101 Å². The highest BCUT2D eigenvalue weighted by atomic mass is 15.2. The van der Waals surface area contributed by atoms with Crippen molar-refractivity contribution in [2.45, 2.75) is 40.7 Å². The van der Waals surface area contributed by atoms with Gasteiger partial charge in [-0.05, 0) is 31.1 Å². The Bertz CT molecular complexity index is 228.